The minimum atomic E-state index is -3.59. The molecule has 108 valence electrons. The fraction of sp³-hybridized carbons (Fsp3) is 1.00. The van der Waals surface area contributed by atoms with E-state index < -0.39 is 38.7 Å². The molecule has 0 aromatic rings. The second-order valence-corrected chi connectivity index (χ2v) is 7.18. The van der Waals surface area contributed by atoms with Crippen LogP contribution in [0.5, 0.6) is 0 Å². The lowest BCUT2D eigenvalue weighted by molar-refractivity contribution is -0.0575. The van der Waals surface area contributed by atoms with Crippen LogP contribution in [-0.4, -0.2) is 61.1 Å². The minimum Gasteiger partial charge on any atom is -0.344 e. The van der Waals surface area contributed by atoms with Crippen molar-refractivity contribution in [3.05, 3.63) is 0 Å². The molecule has 18 heavy (non-hydrogen) atoms. The molecule has 8 nitrogen and oxygen atoms in total. The van der Waals surface area contributed by atoms with E-state index in [1.165, 1.54) is 0 Å². The van der Waals surface area contributed by atoms with Crippen molar-refractivity contribution in [2.45, 2.75) is 25.4 Å². The summed E-state index contributed by atoms with van der Waals surface area (Å²) in [6, 6.07) is 0. The maximum Gasteiger partial charge on any atom is 0.264 e. The zero-order valence-corrected chi connectivity index (χ0v) is 11.9. The van der Waals surface area contributed by atoms with Crippen molar-refractivity contribution in [1.29, 1.82) is 0 Å². The Morgan fingerprint density at radius 2 is 1.22 bits per heavy atom. The molecule has 1 unspecified atom stereocenters. The van der Waals surface area contributed by atoms with E-state index in [0.717, 1.165) is 12.5 Å². The van der Waals surface area contributed by atoms with Crippen molar-refractivity contribution in [2.24, 2.45) is 0 Å². The summed E-state index contributed by atoms with van der Waals surface area (Å²) in [5.41, 5.74) is 0. The summed E-state index contributed by atoms with van der Waals surface area (Å²) < 4.78 is 63.1. The molecule has 1 heterocycles. The summed E-state index contributed by atoms with van der Waals surface area (Å²) in [4.78, 5) is 0. The fourth-order valence-electron chi connectivity index (χ4n) is 1.37. The lowest BCUT2D eigenvalue weighted by atomic mass is 10.2. The molecular formula is C8H16O8S2. The topological polar surface area (TPSA) is 105 Å². The number of hydrogen-bond acceptors (Lipinski definition) is 8. The summed E-state index contributed by atoms with van der Waals surface area (Å²) in [5.74, 6) is 0. The Bertz CT molecular complexity index is 423. The van der Waals surface area contributed by atoms with Gasteiger partial charge in [-0.3, -0.25) is 8.37 Å². The highest BCUT2D eigenvalue weighted by Crippen LogP contribution is 2.20. The molecule has 0 N–H and O–H groups in total. The van der Waals surface area contributed by atoms with Gasteiger partial charge in [0.05, 0.1) is 25.7 Å². The summed E-state index contributed by atoms with van der Waals surface area (Å²) in [6.07, 6.45) is -0.151. The Balaban J connectivity index is 2.54. The van der Waals surface area contributed by atoms with E-state index in [1.807, 2.05) is 0 Å². The van der Waals surface area contributed by atoms with Crippen molar-refractivity contribution < 1.29 is 34.7 Å². The average Bonchev–Trinajstić information content (AvgIpc) is 2.51. The summed E-state index contributed by atoms with van der Waals surface area (Å²) in [6.45, 7) is 1.11. The van der Waals surface area contributed by atoms with Crippen molar-refractivity contribution in [3.8, 4) is 0 Å². The second-order valence-electron chi connectivity index (χ2n) is 3.89. The van der Waals surface area contributed by atoms with Crippen LogP contribution in [0.25, 0.3) is 0 Å². The zero-order valence-electron chi connectivity index (χ0n) is 10.2. The summed E-state index contributed by atoms with van der Waals surface area (Å²) in [7, 11) is -7.18. The highest BCUT2D eigenvalue weighted by atomic mass is 32.2. The van der Waals surface area contributed by atoms with Gasteiger partial charge in [-0.05, 0) is 6.92 Å². The first-order valence-corrected chi connectivity index (χ1v) is 8.70. The van der Waals surface area contributed by atoms with Gasteiger partial charge in [0.25, 0.3) is 20.2 Å². The third kappa shape index (κ3) is 6.07. The van der Waals surface area contributed by atoms with Crippen LogP contribution >= 0.6 is 0 Å². The molecule has 0 amide bonds. The second kappa shape index (κ2) is 5.80. The predicted octanol–water partition coefficient (Wildman–Crippen LogP) is -0.931. The molecule has 0 aromatic heterocycles. The van der Waals surface area contributed by atoms with Crippen LogP contribution in [0.15, 0.2) is 0 Å². The smallest absolute Gasteiger partial charge is 0.264 e. The standard InChI is InChI=1S/C8H16O8S2/c1-6-15-7(4-13-17(2,9)10)8(16-6)5-14-18(3,11)12/h6-8H,4-5H2,1-3H3/t6?,7-,8+. The number of ether oxygens (including phenoxy) is 2. The van der Waals surface area contributed by atoms with E-state index >= 15 is 0 Å². The van der Waals surface area contributed by atoms with Crippen LogP contribution < -0.4 is 0 Å². The Morgan fingerprint density at radius 1 is 0.889 bits per heavy atom. The van der Waals surface area contributed by atoms with Crippen molar-refractivity contribution in [1.82, 2.24) is 0 Å². The molecular weight excluding hydrogens is 288 g/mol. The molecule has 3 atom stereocenters. The van der Waals surface area contributed by atoms with E-state index in [-0.39, 0.29) is 13.2 Å². The molecule has 1 saturated heterocycles. The van der Waals surface area contributed by atoms with Crippen molar-refractivity contribution >= 4 is 20.2 Å². The van der Waals surface area contributed by atoms with E-state index in [2.05, 4.69) is 8.37 Å². The Hall–Kier alpha value is -0.260. The quantitative estimate of drug-likeness (QED) is 0.579. The Labute approximate surface area is 106 Å². The highest BCUT2D eigenvalue weighted by Gasteiger charge is 2.35. The van der Waals surface area contributed by atoms with Gasteiger partial charge in [-0.2, -0.15) is 16.8 Å². The van der Waals surface area contributed by atoms with Crippen LogP contribution in [-0.2, 0) is 38.1 Å². The van der Waals surface area contributed by atoms with Gasteiger partial charge in [0.2, 0.25) is 0 Å². The van der Waals surface area contributed by atoms with Crippen LogP contribution in [0.3, 0.4) is 0 Å². The molecule has 0 bridgehead atoms. The maximum absolute atomic E-state index is 10.8. The zero-order chi connectivity index (χ0) is 14.0. The predicted molar refractivity (Wildman–Crippen MR) is 60.8 cm³/mol. The third-order valence-corrected chi connectivity index (χ3v) is 3.17. The van der Waals surface area contributed by atoms with Crippen LogP contribution in [0.2, 0.25) is 0 Å². The first-order valence-electron chi connectivity index (χ1n) is 5.06. The summed E-state index contributed by atoms with van der Waals surface area (Å²) in [5, 5.41) is 0. The normalized spacial score (nSPS) is 29.6. The first kappa shape index (κ1) is 15.8. The van der Waals surface area contributed by atoms with Crippen LogP contribution in [0.4, 0.5) is 0 Å². The van der Waals surface area contributed by atoms with Gasteiger partial charge in [-0.15, -0.1) is 0 Å². The lowest BCUT2D eigenvalue weighted by Gasteiger charge is -2.15. The molecule has 0 aliphatic carbocycles. The minimum absolute atomic E-state index is 0.249. The van der Waals surface area contributed by atoms with E-state index in [4.69, 9.17) is 9.47 Å². The van der Waals surface area contributed by atoms with Crippen molar-refractivity contribution in [2.75, 3.05) is 25.7 Å². The molecule has 1 aliphatic rings. The van der Waals surface area contributed by atoms with Gasteiger partial charge in [-0.1, -0.05) is 0 Å². The highest BCUT2D eigenvalue weighted by molar-refractivity contribution is 7.86. The maximum atomic E-state index is 10.8. The van der Waals surface area contributed by atoms with Crippen LogP contribution in [0, 0.1) is 0 Å². The van der Waals surface area contributed by atoms with E-state index in [1.54, 1.807) is 6.92 Å². The lowest BCUT2D eigenvalue weighted by Crippen LogP contribution is -2.33. The average molecular weight is 304 g/mol. The molecule has 10 heteroatoms. The van der Waals surface area contributed by atoms with E-state index in [9.17, 15) is 16.8 Å². The van der Waals surface area contributed by atoms with Gasteiger partial charge in [-0.25, -0.2) is 0 Å². The first-order chi connectivity index (χ1) is 8.07. The van der Waals surface area contributed by atoms with E-state index in [0.29, 0.717) is 0 Å². The largest absolute Gasteiger partial charge is 0.344 e. The van der Waals surface area contributed by atoms with Crippen LogP contribution in [0.1, 0.15) is 6.92 Å². The molecule has 0 saturated carbocycles. The molecule has 1 aliphatic heterocycles. The van der Waals surface area contributed by atoms with Gasteiger partial charge in [0.1, 0.15) is 12.2 Å². The van der Waals surface area contributed by atoms with Crippen molar-refractivity contribution in [3.63, 3.8) is 0 Å². The van der Waals surface area contributed by atoms with Gasteiger partial charge < -0.3 is 9.47 Å². The molecule has 1 fully saturated rings. The van der Waals surface area contributed by atoms with Gasteiger partial charge in [0, 0.05) is 0 Å². The molecule has 0 aromatic carbocycles. The summed E-state index contributed by atoms with van der Waals surface area (Å²) >= 11 is 0. The number of hydrogen-bond donors (Lipinski definition) is 0. The third-order valence-electron chi connectivity index (χ3n) is 2.04. The SMILES string of the molecule is CC1O[C@@H](COS(C)(=O)=O)[C@@H](COS(C)(=O)=O)O1. The van der Waals surface area contributed by atoms with Gasteiger partial charge in [0.15, 0.2) is 6.29 Å². The van der Waals surface area contributed by atoms with Gasteiger partial charge >= 0.3 is 0 Å². The fourth-order valence-corrected chi connectivity index (χ4v) is 2.14. The molecule has 0 radical (unpaired) electrons. The Kier molecular flexibility index (Phi) is 5.09. The molecule has 1 rings (SSSR count). The monoisotopic (exact) mass is 304 g/mol. The Morgan fingerprint density at radius 3 is 1.50 bits per heavy atom. The number of rotatable bonds is 6. The molecule has 0 spiro atoms.